The summed E-state index contributed by atoms with van der Waals surface area (Å²) >= 11 is 5.98. The first-order chi connectivity index (χ1) is 9.98. The Balaban J connectivity index is 1.83. The van der Waals surface area contributed by atoms with Crippen molar-refractivity contribution in [3.05, 3.63) is 23.5 Å². The second-order valence-corrected chi connectivity index (χ2v) is 5.62. The zero-order chi connectivity index (χ0) is 15.5. The first-order valence-corrected chi connectivity index (χ1v) is 7.33. The lowest BCUT2D eigenvalue weighted by Gasteiger charge is -2.19. The minimum absolute atomic E-state index is 0.156. The molecule has 0 unspecified atom stereocenters. The standard InChI is InChI=1S/C14H19ClN4O2/c1-3-14(2)12(20)19(13(21)18-14)8-4-6-17-11-5-7-16-9-10(11)15/h5,7,9H,3-4,6,8H2,1-2H3,(H,16,17)(H,18,21)/t14-/m1/s1. The number of nitrogens with zero attached hydrogens (tertiary/aromatic N) is 2. The van der Waals surface area contributed by atoms with E-state index in [4.69, 9.17) is 11.6 Å². The zero-order valence-electron chi connectivity index (χ0n) is 12.1. The molecule has 0 saturated carbocycles. The highest BCUT2D eigenvalue weighted by Gasteiger charge is 2.45. The van der Waals surface area contributed by atoms with Crippen LogP contribution in [0.5, 0.6) is 0 Å². The molecule has 6 nitrogen and oxygen atoms in total. The monoisotopic (exact) mass is 310 g/mol. The van der Waals surface area contributed by atoms with Crippen molar-refractivity contribution in [2.24, 2.45) is 0 Å². The number of aromatic nitrogens is 1. The van der Waals surface area contributed by atoms with E-state index in [0.717, 1.165) is 5.69 Å². The molecule has 0 aromatic carbocycles. The van der Waals surface area contributed by atoms with Crippen molar-refractivity contribution in [3.63, 3.8) is 0 Å². The van der Waals surface area contributed by atoms with Gasteiger partial charge >= 0.3 is 6.03 Å². The van der Waals surface area contributed by atoms with E-state index in [2.05, 4.69) is 15.6 Å². The molecule has 2 rings (SSSR count). The lowest BCUT2D eigenvalue weighted by atomic mass is 9.99. The molecule has 0 radical (unpaired) electrons. The summed E-state index contributed by atoms with van der Waals surface area (Å²) in [4.78, 5) is 29.2. The van der Waals surface area contributed by atoms with Crippen LogP contribution in [0.3, 0.4) is 0 Å². The Hall–Kier alpha value is -1.82. The number of hydrogen-bond donors (Lipinski definition) is 2. The number of imide groups is 1. The highest BCUT2D eigenvalue weighted by molar-refractivity contribution is 6.33. The molecule has 1 fully saturated rings. The summed E-state index contributed by atoms with van der Waals surface area (Å²) in [5.74, 6) is -0.156. The number of nitrogens with one attached hydrogen (secondary N) is 2. The van der Waals surface area contributed by atoms with E-state index in [1.165, 1.54) is 4.90 Å². The summed E-state index contributed by atoms with van der Waals surface area (Å²) in [7, 11) is 0. The summed E-state index contributed by atoms with van der Waals surface area (Å²) in [5.41, 5.74) is 0.0288. The molecule has 1 aromatic rings. The highest BCUT2D eigenvalue weighted by atomic mass is 35.5. The van der Waals surface area contributed by atoms with Gasteiger partial charge in [-0.3, -0.25) is 14.7 Å². The molecule has 2 heterocycles. The summed E-state index contributed by atoms with van der Waals surface area (Å²) in [6, 6.07) is 1.47. The lowest BCUT2D eigenvalue weighted by Crippen LogP contribution is -2.43. The second-order valence-electron chi connectivity index (χ2n) is 5.21. The van der Waals surface area contributed by atoms with Gasteiger partial charge < -0.3 is 10.6 Å². The molecule has 3 amide bonds. The minimum atomic E-state index is -0.765. The number of pyridine rings is 1. The van der Waals surface area contributed by atoms with Crippen LogP contribution in [0.15, 0.2) is 18.5 Å². The SMILES string of the molecule is CC[C@@]1(C)NC(=O)N(CCCNc2ccncc2Cl)C1=O. The Bertz CT molecular complexity index is 552. The Labute approximate surface area is 128 Å². The largest absolute Gasteiger partial charge is 0.384 e. The number of anilines is 1. The quantitative estimate of drug-likeness (QED) is 0.624. The number of carbonyl (C=O) groups excluding carboxylic acids is 2. The zero-order valence-corrected chi connectivity index (χ0v) is 12.9. The number of amides is 3. The predicted molar refractivity (Wildman–Crippen MR) is 81.3 cm³/mol. The van der Waals surface area contributed by atoms with E-state index in [0.29, 0.717) is 31.0 Å². The van der Waals surface area contributed by atoms with Crippen molar-refractivity contribution < 1.29 is 9.59 Å². The normalized spacial score (nSPS) is 21.6. The molecule has 0 aliphatic carbocycles. The van der Waals surface area contributed by atoms with Gasteiger partial charge in [-0.25, -0.2) is 4.79 Å². The maximum Gasteiger partial charge on any atom is 0.325 e. The molecule has 1 atom stereocenters. The van der Waals surface area contributed by atoms with E-state index in [1.807, 2.05) is 6.92 Å². The van der Waals surface area contributed by atoms with E-state index >= 15 is 0 Å². The smallest absolute Gasteiger partial charge is 0.325 e. The number of urea groups is 1. The van der Waals surface area contributed by atoms with Crippen molar-refractivity contribution in [1.29, 1.82) is 0 Å². The van der Waals surface area contributed by atoms with Gasteiger partial charge in [0.1, 0.15) is 5.54 Å². The lowest BCUT2D eigenvalue weighted by molar-refractivity contribution is -0.130. The fourth-order valence-corrected chi connectivity index (χ4v) is 2.35. The molecule has 0 spiro atoms. The van der Waals surface area contributed by atoms with Crippen molar-refractivity contribution in [3.8, 4) is 0 Å². The van der Waals surface area contributed by atoms with E-state index in [-0.39, 0.29) is 11.9 Å². The number of rotatable bonds is 6. The Kier molecular flexibility index (Phi) is 4.67. The molecule has 1 saturated heterocycles. The molecule has 114 valence electrons. The minimum Gasteiger partial charge on any atom is -0.384 e. The van der Waals surface area contributed by atoms with Crippen LogP contribution in [0.25, 0.3) is 0 Å². The van der Waals surface area contributed by atoms with Gasteiger partial charge in [-0.05, 0) is 25.8 Å². The van der Waals surface area contributed by atoms with Crippen LogP contribution in [0.1, 0.15) is 26.7 Å². The molecule has 2 N–H and O–H groups in total. The van der Waals surface area contributed by atoms with Crippen LogP contribution in [0.2, 0.25) is 5.02 Å². The van der Waals surface area contributed by atoms with Gasteiger partial charge in [-0.2, -0.15) is 0 Å². The number of halogens is 1. The van der Waals surface area contributed by atoms with Gasteiger partial charge in [0.25, 0.3) is 5.91 Å². The fraction of sp³-hybridized carbons (Fsp3) is 0.500. The summed E-state index contributed by atoms with van der Waals surface area (Å²) in [6.45, 7) is 4.64. The van der Waals surface area contributed by atoms with Gasteiger partial charge in [0.05, 0.1) is 10.7 Å². The maximum absolute atomic E-state index is 12.2. The van der Waals surface area contributed by atoms with E-state index < -0.39 is 5.54 Å². The van der Waals surface area contributed by atoms with Gasteiger partial charge in [0.2, 0.25) is 0 Å². The third kappa shape index (κ3) is 3.26. The summed E-state index contributed by atoms with van der Waals surface area (Å²) < 4.78 is 0. The predicted octanol–water partition coefficient (Wildman–Crippen LogP) is 2.26. The molecule has 1 aromatic heterocycles. The molecule has 1 aliphatic rings. The first-order valence-electron chi connectivity index (χ1n) is 6.95. The van der Waals surface area contributed by atoms with Crippen LogP contribution in [0, 0.1) is 0 Å². The third-order valence-electron chi connectivity index (χ3n) is 3.70. The average Bonchev–Trinajstić information content (AvgIpc) is 2.68. The Morgan fingerprint density at radius 1 is 1.48 bits per heavy atom. The molecule has 0 bridgehead atoms. The number of carbonyl (C=O) groups is 2. The van der Waals surface area contributed by atoms with Crippen molar-refractivity contribution in [2.75, 3.05) is 18.4 Å². The van der Waals surface area contributed by atoms with Crippen LogP contribution in [-0.2, 0) is 4.79 Å². The van der Waals surface area contributed by atoms with Crippen molar-refractivity contribution in [2.45, 2.75) is 32.2 Å². The fourth-order valence-electron chi connectivity index (χ4n) is 2.17. The first kappa shape index (κ1) is 15.6. The van der Waals surface area contributed by atoms with Crippen LogP contribution in [0.4, 0.5) is 10.5 Å². The molecule has 7 heteroatoms. The molecular formula is C14H19ClN4O2. The van der Waals surface area contributed by atoms with Crippen LogP contribution < -0.4 is 10.6 Å². The molecule has 1 aliphatic heterocycles. The van der Waals surface area contributed by atoms with Crippen molar-refractivity contribution in [1.82, 2.24) is 15.2 Å². The highest BCUT2D eigenvalue weighted by Crippen LogP contribution is 2.21. The summed E-state index contributed by atoms with van der Waals surface area (Å²) in [5, 5.41) is 6.44. The van der Waals surface area contributed by atoms with Gasteiger partial charge in [0.15, 0.2) is 0 Å². The topological polar surface area (TPSA) is 74.3 Å². The molecule has 21 heavy (non-hydrogen) atoms. The Morgan fingerprint density at radius 3 is 2.86 bits per heavy atom. The summed E-state index contributed by atoms with van der Waals surface area (Å²) in [6.07, 6.45) is 4.45. The number of hydrogen-bond acceptors (Lipinski definition) is 4. The van der Waals surface area contributed by atoms with Gasteiger partial charge in [-0.1, -0.05) is 18.5 Å². The van der Waals surface area contributed by atoms with Gasteiger partial charge in [0, 0.05) is 25.5 Å². The Morgan fingerprint density at radius 2 is 2.24 bits per heavy atom. The second kappa shape index (κ2) is 6.30. The van der Waals surface area contributed by atoms with E-state index in [1.54, 1.807) is 25.4 Å². The maximum atomic E-state index is 12.2. The van der Waals surface area contributed by atoms with Crippen LogP contribution in [-0.4, -0.2) is 40.5 Å². The van der Waals surface area contributed by atoms with Gasteiger partial charge in [-0.15, -0.1) is 0 Å². The third-order valence-corrected chi connectivity index (χ3v) is 4.00. The average molecular weight is 311 g/mol. The molecular weight excluding hydrogens is 292 g/mol. The van der Waals surface area contributed by atoms with Crippen molar-refractivity contribution >= 4 is 29.2 Å². The van der Waals surface area contributed by atoms with Crippen LogP contribution >= 0.6 is 11.6 Å². The van der Waals surface area contributed by atoms with E-state index in [9.17, 15) is 9.59 Å².